The Morgan fingerprint density at radius 1 is 1.35 bits per heavy atom. The van der Waals surface area contributed by atoms with Crippen molar-refractivity contribution >= 4 is 11.7 Å². The van der Waals surface area contributed by atoms with Crippen LogP contribution in [0.5, 0.6) is 0 Å². The minimum atomic E-state index is -0.195. The van der Waals surface area contributed by atoms with Gasteiger partial charge < -0.3 is 15.0 Å². The van der Waals surface area contributed by atoms with Gasteiger partial charge in [0, 0.05) is 36.9 Å². The maximum Gasteiger partial charge on any atom is 0.267 e. The Morgan fingerprint density at radius 2 is 1.96 bits per heavy atom. The van der Waals surface area contributed by atoms with Crippen LogP contribution in [0.15, 0.2) is 12.3 Å². The molecule has 6 heteroatoms. The van der Waals surface area contributed by atoms with E-state index in [1.807, 2.05) is 0 Å². The van der Waals surface area contributed by atoms with Crippen molar-refractivity contribution in [1.29, 1.82) is 0 Å². The number of aromatic nitrogens is 1. The summed E-state index contributed by atoms with van der Waals surface area (Å²) in [6.45, 7) is 12.1. The summed E-state index contributed by atoms with van der Waals surface area (Å²) >= 11 is 0. The van der Waals surface area contributed by atoms with E-state index < -0.39 is 0 Å². The van der Waals surface area contributed by atoms with E-state index in [2.05, 4.69) is 42.9 Å². The van der Waals surface area contributed by atoms with E-state index in [1.54, 1.807) is 12.3 Å². The van der Waals surface area contributed by atoms with Crippen LogP contribution in [-0.4, -0.2) is 59.0 Å². The normalized spacial score (nSPS) is 22.8. The van der Waals surface area contributed by atoms with Gasteiger partial charge in [0.1, 0.15) is 5.69 Å². The smallest absolute Gasteiger partial charge is 0.267 e. The maximum atomic E-state index is 12.2. The summed E-state index contributed by atoms with van der Waals surface area (Å²) in [6.07, 6.45) is 1.94. The Morgan fingerprint density at radius 3 is 2.48 bits per heavy atom. The second-order valence-electron chi connectivity index (χ2n) is 7.02. The Kier molecular flexibility index (Phi) is 5.26. The van der Waals surface area contributed by atoms with Crippen LogP contribution in [0.4, 0.5) is 0 Å². The van der Waals surface area contributed by atoms with Gasteiger partial charge in [-0.15, -0.1) is 0 Å². The molecular weight excluding hydrogens is 294 g/mol. The van der Waals surface area contributed by atoms with Crippen LogP contribution < -0.4 is 5.32 Å². The third-order valence-corrected chi connectivity index (χ3v) is 4.29. The lowest BCUT2D eigenvalue weighted by Gasteiger charge is -2.45. The minimum absolute atomic E-state index is 0.0584. The number of aromatic amines is 1. The Balaban J connectivity index is 1.95. The van der Waals surface area contributed by atoms with Crippen LogP contribution in [0.1, 0.15) is 55.5 Å². The molecule has 23 heavy (non-hydrogen) atoms. The highest BCUT2D eigenvalue weighted by Crippen LogP contribution is 2.20. The van der Waals surface area contributed by atoms with Crippen LogP contribution in [0, 0.1) is 0 Å². The van der Waals surface area contributed by atoms with Crippen LogP contribution in [0.25, 0.3) is 0 Å². The highest BCUT2D eigenvalue weighted by Gasteiger charge is 2.33. The number of nitrogens with one attached hydrogen (secondary N) is 2. The molecule has 2 rings (SSSR count). The average Bonchev–Trinajstić information content (AvgIpc) is 2.94. The number of H-pyrrole nitrogens is 1. The number of carbonyl (C=O) groups excluding carboxylic acids is 2. The van der Waals surface area contributed by atoms with Crippen molar-refractivity contribution < 1.29 is 14.3 Å². The predicted molar refractivity (Wildman–Crippen MR) is 88.8 cm³/mol. The zero-order valence-electron chi connectivity index (χ0n) is 14.6. The van der Waals surface area contributed by atoms with Gasteiger partial charge in [0.2, 0.25) is 0 Å². The van der Waals surface area contributed by atoms with Gasteiger partial charge >= 0.3 is 0 Å². The lowest BCUT2D eigenvalue weighted by Crippen LogP contribution is -2.58. The van der Waals surface area contributed by atoms with E-state index in [-0.39, 0.29) is 29.4 Å². The molecule has 0 bridgehead atoms. The van der Waals surface area contributed by atoms with Gasteiger partial charge in [-0.3, -0.25) is 14.5 Å². The largest absolute Gasteiger partial charge is 0.373 e. The van der Waals surface area contributed by atoms with Gasteiger partial charge in [0.05, 0.1) is 12.2 Å². The van der Waals surface area contributed by atoms with Gasteiger partial charge in [0.25, 0.3) is 5.91 Å². The topological polar surface area (TPSA) is 74.4 Å². The standard InChI is InChI=1S/C17H27N3O3/c1-11-8-20(9-12(2)23-11)17(4,5)10-19-16(22)15-6-14(7-18-15)13(3)21/h6-7,11-12,18H,8-10H2,1-5H3,(H,19,22). The number of nitrogens with zero attached hydrogens (tertiary/aromatic N) is 1. The summed E-state index contributed by atoms with van der Waals surface area (Å²) in [5, 5.41) is 2.95. The third kappa shape index (κ3) is 4.42. The fourth-order valence-corrected chi connectivity index (χ4v) is 2.90. The van der Waals surface area contributed by atoms with E-state index in [4.69, 9.17) is 4.74 Å². The summed E-state index contributed by atoms with van der Waals surface area (Å²) < 4.78 is 5.77. The van der Waals surface area contributed by atoms with Crippen molar-refractivity contribution in [2.45, 2.75) is 52.4 Å². The number of hydrogen-bond acceptors (Lipinski definition) is 4. The molecule has 0 spiro atoms. The molecule has 1 amide bonds. The van der Waals surface area contributed by atoms with Crippen LogP contribution in [0.2, 0.25) is 0 Å². The lowest BCUT2D eigenvalue weighted by molar-refractivity contribution is -0.0948. The fourth-order valence-electron chi connectivity index (χ4n) is 2.90. The van der Waals surface area contributed by atoms with E-state index in [0.717, 1.165) is 13.1 Å². The molecule has 1 aromatic rings. The summed E-state index contributed by atoms with van der Waals surface area (Å²) in [7, 11) is 0. The van der Waals surface area contributed by atoms with Gasteiger partial charge in [0.15, 0.2) is 5.78 Å². The molecule has 1 fully saturated rings. The number of ketones is 1. The summed E-state index contributed by atoms with van der Waals surface area (Å²) in [5.74, 6) is -0.253. The number of carbonyl (C=O) groups is 2. The Bertz CT molecular complexity index is 569. The fraction of sp³-hybridized carbons (Fsp3) is 0.647. The minimum Gasteiger partial charge on any atom is -0.373 e. The lowest BCUT2D eigenvalue weighted by atomic mass is 10.00. The molecule has 0 aliphatic carbocycles. The number of Topliss-reactive ketones (excluding diaryl/α,β-unsaturated/α-hetero) is 1. The van der Waals surface area contributed by atoms with Crippen molar-refractivity contribution in [2.24, 2.45) is 0 Å². The highest BCUT2D eigenvalue weighted by molar-refractivity contribution is 5.99. The highest BCUT2D eigenvalue weighted by atomic mass is 16.5. The number of amides is 1. The molecule has 0 radical (unpaired) electrons. The molecule has 1 aliphatic heterocycles. The van der Waals surface area contributed by atoms with Gasteiger partial charge in [-0.05, 0) is 40.7 Å². The second-order valence-corrected chi connectivity index (χ2v) is 7.02. The van der Waals surface area contributed by atoms with Gasteiger partial charge in [-0.1, -0.05) is 0 Å². The Hall–Kier alpha value is -1.66. The third-order valence-electron chi connectivity index (χ3n) is 4.29. The summed E-state index contributed by atoms with van der Waals surface area (Å²) in [5.41, 5.74) is 0.762. The van der Waals surface area contributed by atoms with E-state index in [1.165, 1.54) is 6.92 Å². The average molecular weight is 321 g/mol. The number of ether oxygens (including phenoxy) is 1. The van der Waals surface area contributed by atoms with E-state index in [0.29, 0.717) is 17.8 Å². The molecule has 2 atom stereocenters. The first kappa shape index (κ1) is 17.7. The van der Waals surface area contributed by atoms with Gasteiger partial charge in [-0.25, -0.2) is 0 Å². The zero-order valence-corrected chi connectivity index (χ0v) is 14.6. The van der Waals surface area contributed by atoms with E-state index >= 15 is 0 Å². The zero-order chi connectivity index (χ0) is 17.2. The first-order chi connectivity index (χ1) is 10.7. The maximum absolute atomic E-state index is 12.2. The second kappa shape index (κ2) is 6.84. The predicted octanol–water partition coefficient (Wildman–Crippen LogP) is 1.83. The number of morpholine rings is 1. The quantitative estimate of drug-likeness (QED) is 0.812. The molecule has 2 unspecified atom stereocenters. The van der Waals surface area contributed by atoms with Crippen LogP contribution in [0.3, 0.4) is 0 Å². The van der Waals surface area contributed by atoms with Crippen LogP contribution in [-0.2, 0) is 4.74 Å². The molecule has 6 nitrogen and oxygen atoms in total. The first-order valence-electron chi connectivity index (χ1n) is 8.07. The molecule has 128 valence electrons. The van der Waals surface area contributed by atoms with Gasteiger partial charge in [-0.2, -0.15) is 0 Å². The van der Waals surface area contributed by atoms with Crippen LogP contribution >= 0.6 is 0 Å². The first-order valence-corrected chi connectivity index (χ1v) is 8.07. The molecule has 0 aromatic carbocycles. The van der Waals surface area contributed by atoms with Crippen molar-refractivity contribution in [3.8, 4) is 0 Å². The van der Waals surface area contributed by atoms with Crippen molar-refractivity contribution in [3.63, 3.8) is 0 Å². The number of rotatable bonds is 5. The molecule has 1 aromatic heterocycles. The van der Waals surface area contributed by atoms with Crippen molar-refractivity contribution in [1.82, 2.24) is 15.2 Å². The molecule has 2 N–H and O–H groups in total. The number of hydrogen-bond donors (Lipinski definition) is 2. The molecule has 1 saturated heterocycles. The van der Waals surface area contributed by atoms with Crippen molar-refractivity contribution in [3.05, 3.63) is 23.5 Å². The molecule has 0 saturated carbocycles. The molecular formula is C17H27N3O3. The van der Waals surface area contributed by atoms with Crippen molar-refractivity contribution in [2.75, 3.05) is 19.6 Å². The Labute approximate surface area is 137 Å². The summed E-state index contributed by atoms with van der Waals surface area (Å²) in [4.78, 5) is 28.7. The monoisotopic (exact) mass is 321 g/mol. The van der Waals surface area contributed by atoms with E-state index in [9.17, 15) is 9.59 Å². The summed E-state index contributed by atoms with van der Waals surface area (Å²) in [6, 6.07) is 1.59. The molecule has 1 aliphatic rings. The molecule has 2 heterocycles. The SMILES string of the molecule is CC(=O)c1c[nH]c(C(=O)NCC(C)(C)N2CC(C)OC(C)C2)c1.